The summed E-state index contributed by atoms with van der Waals surface area (Å²) in [5.41, 5.74) is -1.88. The van der Waals surface area contributed by atoms with Gasteiger partial charge in [0, 0.05) is 18.3 Å². The van der Waals surface area contributed by atoms with Gasteiger partial charge in [0.2, 0.25) is 11.7 Å². The van der Waals surface area contributed by atoms with Gasteiger partial charge in [0.15, 0.2) is 18.4 Å². The Labute approximate surface area is 233 Å². The van der Waals surface area contributed by atoms with E-state index in [0.29, 0.717) is 19.3 Å². The van der Waals surface area contributed by atoms with Gasteiger partial charge in [-0.25, -0.2) is 4.79 Å². The second-order valence-electron chi connectivity index (χ2n) is 12.7. The molecule has 4 aliphatic carbocycles. The molecule has 3 fully saturated rings. The molecule has 4 aliphatic rings. The smallest absolute Gasteiger partial charge is 0.328 e. The molecule has 0 spiro atoms. The molecule has 3 saturated carbocycles. The van der Waals surface area contributed by atoms with Gasteiger partial charge in [-0.05, 0) is 74.7 Å². The fraction of sp³-hybridized carbons (Fsp3) is 0.759. The Morgan fingerprint density at radius 3 is 2.48 bits per heavy atom. The van der Waals surface area contributed by atoms with Crippen LogP contribution in [0.5, 0.6) is 0 Å². The number of amides is 1. The Morgan fingerprint density at radius 2 is 1.82 bits per heavy atom. The second kappa shape index (κ2) is 11.0. The number of ketones is 2. The van der Waals surface area contributed by atoms with E-state index in [1.165, 1.54) is 6.92 Å². The molecule has 222 valence electrons. The van der Waals surface area contributed by atoms with Crippen LogP contribution >= 0.6 is 0 Å². The summed E-state index contributed by atoms with van der Waals surface area (Å²) in [5, 5.41) is 43.8. The number of aliphatic hydroxyl groups excluding tert-OH is 2. The number of aliphatic carboxylic acids is 1. The number of esters is 1. The van der Waals surface area contributed by atoms with Gasteiger partial charge in [0.25, 0.3) is 0 Å². The number of hydrogen-bond acceptors (Lipinski definition) is 9. The van der Waals surface area contributed by atoms with Crippen LogP contribution in [-0.2, 0) is 28.7 Å². The van der Waals surface area contributed by atoms with Crippen LogP contribution in [0.2, 0.25) is 0 Å². The summed E-state index contributed by atoms with van der Waals surface area (Å²) in [6.45, 7) is 4.51. The van der Waals surface area contributed by atoms with Crippen LogP contribution in [0.15, 0.2) is 11.6 Å². The number of carbonyl (C=O) groups excluding carboxylic acids is 4. The largest absolute Gasteiger partial charge is 0.480 e. The highest BCUT2D eigenvalue weighted by Gasteiger charge is 2.68. The second-order valence-corrected chi connectivity index (χ2v) is 12.7. The van der Waals surface area contributed by atoms with Crippen molar-refractivity contribution in [2.75, 3.05) is 6.61 Å². The number of carboxylic acids is 1. The number of ether oxygens (including phenoxy) is 1. The predicted molar refractivity (Wildman–Crippen MR) is 139 cm³/mol. The van der Waals surface area contributed by atoms with Crippen molar-refractivity contribution in [3.63, 3.8) is 0 Å². The molecule has 11 nitrogen and oxygen atoms in total. The fourth-order valence-electron chi connectivity index (χ4n) is 8.34. The van der Waals surface area contributed by atoms with Crippen molar-refractivity contribution in [2.45, 2.75) is 102 Å². The van der Waals surface area contributed by atoms with E-state index in [1.807, 2.05) is 6.92 Å². The molecule has 0 bridgehead atoms. The van der Waals surface area contributed by atoms with Crippen molar-refractivity contribution in [3.05, 3.63) is 11.6 Å². The molecule has 4 rings (SSSR count). The average molecular weight is 564 g/mol. The lowest BCUT2D eigenvalue weighted by atomic mass is 9.45. The van der Waals surface area contributed by atoms with Gasteiger partial charge in [-0.1, -0.05) is 19.4 Å². The zero-order valence-corrected chi connectivity index (χ0v) is 23.4. The summed E-state index contributed by atoms with van der Waals surface area (Å²) in [5.74, 6) is -3.55. The summed E-state index contributed by atoms with van der Waals surface area (Å²) >= 11 is 0. The van der Waals surface area contributed by atoms with E-state index in [1.54, 1.807) is 6.08 Å². The first-order valence-corrected chi connectivity index (χ1v) is 14.2. The minimum Gasteiger partial charge on any atom is -0.480 e. The Bertz CT molecular complexity index is 1120. The Morgan fingerprint density at radius 1 is 1.12 bits per heavy atom. The Balaban J connectivity index is 1.38. The molecule has 0 heterocycles. The van der Waals surface area contributed by atoms with Crippen molar-refractivity contribution in [1.29, 1.82) is 0 Å². The molecule has 0 aromatic rings. The number of aliphatic hydroxyl groups is 3. The topological polar surface area (TPSA) is 188 Å². The molecule has 11 heteroatoms. The number of rotatable bonds is 9. The quantitative estimate of drug-likeness (QED) is 0.254. The maximum absolute atomic E-state index is 13.3. The lowest BCUT2D eigenvalue weighted by Gasteiger charge is -2.60. The van der Waals surface area contributed by atoms with Gasteiger partial charge < -0.3 is 30.5 Å². The third kappa shape index (κ3) is 5.12. The molecular weight excluding hydrogens is 522 g/mol. The average Bonchev–Trinajstić information content (AvgIpc) is 3.15. The maximum atomic E-state index is 13.3. The van der Waals surface area contributed by atoms with Gasteiger partial charge in [-0.2, -0.15) is 0 Å². The molecule has 5 N–H and O–H groups in total. The molecule has 6 unspecified atom stereocenters. The van der Waals surface area contributed by atoms with E-state index in [9.17, 15) is 39.3 Å². The highest BCUT2D eigenvalue weighted by atomic mass is 16.5. The monoisotopic (exact) mass is 563 g/mol. The molecule has 0 aromatic heterocycles. The van der Waals surface area contributed by atoms with Crippen molar-refractivity contribution in [3.8, 4) is 0 Å². The molecular formula is C29H41NO10. The van der Waals surface area contributed by atoms with Crippen LogP contribution in [0.1, 0.15) is 78.6 Å². The summed E-state index contributed by atoms with van der Waals surface area (Å²) in [6, 6.07) is -1.52. The van der Waals surface area contributed by atoms with Gasteiger partial charge in [-0.3, -0.25) is 19.2 Å². The highest BCUT2D eigenvalue weighted by molar-refractivity contribution is 5.92. The molecule has 9 atom stereocenters. The molecule has 0 aliphatic heterocycles. The minimum atomic E-state index is -1.78. The summed E-state index contributed by atoms with van der Waals surface area (Å²) in [6.07, 6.45) is 2.53. The summed E-state index contributed by atoms with van der Waals surface area (Å²) in [7, 11) is 0. The third-order valence-corrected chi connectivity index (χ3v) is 10.5. The summed E-state index contributed by atoms with van der Waals surface area (Å²) < 4.78 is 5.09. The normalized spacial score (nSPS) is 38.1. The SMILES string of the molecule is CC(O)C(NC(=O)CCC(=O)OCC(=O)[C@@]1(O)CCC2C3CCC4=CC(=O)CC[C@]4(C)C3C(O)C[C@@]21C)C(=O)O. The first kappa shape index (κ1) is 30.3. The standard InChI is InChI=1S/C29H41NO10/c1-15(31)25(26(37)38)30-22(35)6-7-23(36)40-14-21(34)29(39)11-9-19-18-5-4-16-12-17(32)8-10-27(16,2)24(18)20(33)13-28(19,29)3/h12,15,18-20,24-25,31,33,39H,4-11,13-14H2,1-3H3,(H,30,35)(H,37,38)/t15?,18?,19?,20?,24?,25?,27-,28-,29-/m0/s1. The summed E-state index contributed by atoms with van der Waals surface area (Å²) in [4.78, 5) is 60.8. The van der Waals surface area contributed by atoms with Crippen LogP contribution in [0, 0.1) is 28.6 Å². The maximum Gasteiger partial charge on any atom is 0.328 e. The molecule has 40 heavy (non-hydrogen) atoms. The van der Waals surface area contributed by atoms with E-state index in [-0.39, 0.29) is 41.8 Å². The number of carboxylic acid groups (broad SMARTS) is 1. The van der Waals surface area contributed by atoms with Gasteiger partial charge >= 0.3 is 11.9 Å². The van der Waals surface area contributed by atoms with E-state index < -0.39 is 72.3 Å². The van der Waals surface area contributed by atoms with Crippen LogP contribution in [0.3, 0.4) is 0 Å². The number of hydrogen-bond donors (Lipinski definition) is 5. The zero-order valence-electron chi connectivity index (χ0n) is 23.4. The molecule has 0 aromatic carbocycles. The van der Waals surface area contributed by atoms with Gasteiger partial charge in [-0.15, -0.1) is 0 Å². The van der Waals surface area contributed by atoms with Crippen LogP contribution in [-0.4, -0.2) is 80.3 Å². The Kier molecular flexibility index (Phi) is 8.33. The van der Waals surface area contributed by atoms with Crippen LogP contribution < -0.4 is 5.32 Å². The van der Waals surface area contributed by atoms with Crippen molar-refractivity contribution in [1.82, 2.24) is 5.32 Å². The number of allylic oxidation sites excluding steroid dienone is 1. The van der Waals surface area contributed by atoms with E-state index >= 15 is 0 Å². The first-order chi connectivity index (χ1) is 18.6. The third-order valence-electron chi connectivity index (χ3n) is 10.5. The van der Waals surface area contributed by atoms with E-state index in [0.717, 1.165) is 18.4 Å². The van der Waals surface area contributed by atoms with Gasteiger partial charge in [0.05, 0.1) is 18.6 Å². The van der Waals surface area contributed by atoms with Crippen LogP contribution in [0.4, 0.5) is 0 Å². The zero-order chi connectivity index (χ0) is 29.6. The number of carbonyl (C=O) groups is 5. The Hall–Kier alpha value is -2.63. The lowest BCUT2D eigenvalue weighted by molar-refractivity contribution is -0.184. The number of Topliss-reactive ketones (excluding diaryl/α,β-unsaturated/α-hetero) is 1. The molecule has 1 amide bonds. The van der Waals surface area contributed by atoms with E-state index in [4.69, 9.17) is 9.84 Å². The van der Waals surface area contributed by atoms with Crippen LogP contribution in [0.25, 0.3) is 0 Å². The van der Waals surface area contributed by atoms with Crippen molar-refractivity contribution < 1.29 is 49.1 Å². The van der Waals surface area contributed by atoms with E-state index in [2.05, 4.69) is 12.2 Å². The fourth-order valence-corrected chi connectivity index (χ4v) is 8.34. The molecule has 0 saturated heterocycles. The predicted octanol–water partition coefficient (Wildman–Crippen LogP) is 1.06. The lowest BCUT2D eigenvalue weighted by Crippen LogP contribution is -2.62. The van der Waals surface area contributed by atoms with Gasteiger partial charge in [0.1, 0.15) is 5.60 Å². The molecule has 0 radical (unpaired) electrons. The first-order valence-electron chi connectivity index (χ1n) is 14.2. The number of fused-ring (bicyclic) bond motifs is 5. The number of nitrogens with one attached hydrogen (secondary N) is 1. The highest BCUT2D eigenvalue weighted by Crippen LogP contribution is 2.67. The van der Waals surface area contributed by atoms with Crippen molar-refractivity contribution >= 4 is 29.4 Å². The van der Waals surface area contributed by atoms with Crippen molar-refractivity contribution in [2.24, 2.45) is 28.6 Å². The minimum absolute atomic E-state index is 0.0126.